The van der Waals surface area contributed by atoms with Crippen LogP contribution in [0.5, 0.6) is 5.75 Å². The maximum atomic E-state index is 12.4. The summed E-state index contributed by atoms with van der Waals surface area (Å²) in [7, 11) is -2.44. The maximum absolute atomic E-state index is 12.4. The Morgan fingerprint density at radius 1 is 1.20 bits per heavy atom. The van der Waals surface area contributed by atoms with E-state index in [1.807, 2.05) is 0 Å². The average molecular weight is 366 g/mol. The van der Waals surface area contributed by atoms with Gasteiger partial charge in [0.05, 0.1) is 23.0 Å². The monoisotopic (exact) mass is 366 g/mol. The number of ether oxygens (including phenoxy) is 1. The van der Waals surface area contributed by atoms with Crippen molar-refractivity contribution in [3.8, 4) is 5.75 Å². The molecule has 0 heterocycles. The minimum Gasteiger partial charge on any atom is -0.497 e. The minimum absolute atomic E-state index is 0.122. The number of rotatable bonds is 7. The molecule has 0 saturated heterocycles. The molecule has 134 valence electrons. The fraction of sp³-hybridized carbons (Fsp3) is 0.250. The number of nitro benzene ring substituents is 1. The van der Waals surface area contributed by atoms with Gasteiger partial charge in [-0.05, 0) is 36.8 Å². The Hall–Kier alpha value is -2.49. The summed E-state index contributed by atoms with van der Waals surface area (Å²) in [6, 6.07) is 10.3. The van der Waals surface area contributed by atoms with E-state index < -0.39 is 27.1 Å². The summed E-state index contributed by atoms with van der Waals surface area (Å²) in [5.41, 5.74) is 0.293. The number of hydrogen-bond acceptors (Lipinski definition) is 6. The molecule has 8 nitrogen and oxygen atoms in total. The van der Waals surface area contributed by atoms with Gasteiger partial charge in [0.2, 0.25) is 10.0 Å². The number of nitrogens with one attached hydrogen (secondary N) is 1. The number of hydrogen-bond donors (Lipinski definition) is 2. The Labute approximate surface area is 145 Å². The molecular formula is C16H18N2O6S. The third kappa shape index (κ3) is 4.53. The molecule has 2 aromatic carbocycles. The van der Waals surface area contributed by atoms with Crippen molar-refractivity contribution in [2.24, 2.45) is 0 Å². The summed E-state index contributed by atoms with van der Waals surface area (Å²) in [5, 5.41) is 21.0. The van der Waals surface area contributed by atoms with Crippen molar-refractivity contribution < 1.29 is 23.2 Å². The van der Waals surface area contributed by atoms with Gasteiger partial charge < -0.3 is 9.84 Å². The minimum atomic E-state index is -3.93. The second-order valence-electron chi connectivity index (χ2n) is 5.38. The molecule has 0 radical (unpaired) electrons. The standard InChI is InChI=1S/C16H18N2O6S/c1-11(16(19)12-4-3-5-14(10-12)24-2)17-25(22,23)15-8-6-13(7-9-15)18(20)21/h3-11,16-17,19H,1-2H3. The number of benzene rings is 2. The molecule has 9 heteroatoms. The number of sulfonamides is 1. The van der Waals surface area contributed by atoms with E-state index in [0.717, 1.165) is 24.3 Å². The molecule has 0 aliphatic heterocycles. The van der Waals surface area contributed by atoms with Crippen LogP contribution in [0.15, 0.2) is 53.4 Å². The molecule has 0 spiro atoms. The maximum Gasteiger partial charge on any atom is 0.269 e. The zero-order valence-corrected chi connectivity index (χ0v) is 14.4. The first kappa shape index (κ1) is 18.8. The molecule has 2 rings (SSSR count). The molecule has 2 aromatic rings. The third-order valence-electron chi connectivity index (χ3n) is 3.61. The van der Waals surface area contributed by atoms with Gasteiger partial charge >= 0.3 is 0 Å². The van der Waals surface area contributed by atoms with E-state index in [0.29, 0.717) is 11.3 Å². The molecular weight excluding hydrogens is 348 g/mol. The first-order valence-electron chi connectivity index (χ1n) is 7.33. The highest BCUT2D eigenvalue weighted by atomic mass is 32.2. The van der Waals surface area contributed by atoms with Gasteiger partial charge in [0.25, 0.3) is 5.69 Å². The van der Waals surface area contributed by atoms with E-state index >= 15 is 0 Å². The lowest BCUT2D eigenvalue weighted by Crippen LogP contribution is -2.37. The van der Waals surface area contributed by atoms with Crippen molar-refractivity contribution >= 4 is 15.7 Å². The van der Waals surface area contributed by atoms with E-state index in [-0.39, 0.29) is 10.6 Å². The van der Waals surface area contributed by atoms with Gasteiger partial charge in [0.1, 0.15) is 5.75 Å². The summed E-state index contributed by atoms with van der Waals surface area (Å²) >= 11 is 0. The number of methoxy groups -OCH3 is 1. The van der Waals surface area contributed by atoms with Gasteiger partial charge in [-0.2, -0.15) is 0 Å². The predicted octanol–water partition coefficient (Wildman–Crippen LogP) is 2.00. The van der Waals surface area contributed by atoms with E-state index in [1.54, 1.807) is 24.3 Å². The van der Waals surface area contributed by atoms with Crippen molar-refractivity contribution in [2.75, 3.05) is 7.11 Å². The van der Waals surface area contributed by atoms with E-state index in [2.05, 4.69) is 4.72 Å². The van der Waals surface area contributed by atoms with Gasteiger partial charge in [0, 0.05) is 18.2 Å². The van der Waals surface area contributed by atoms with Crippen molar-refractivity contribution in [2.45, 2.75) is 24.0 Å². The number of nitrogens with zero attached hydrogens (tertiary/aromatic N) is 1. The van der Waals surface area contributed by atoms with E-state index in [9.17, 15) is 23.6 Å². The summed E-state index contributed by atoms with van der Waals surface area (Å²) in [6.45, 7) is 1.52. The van der Waals surface area contributed by atoms with Crippen LogP contribution in [0.25, 0.3) is 0 Å². The van der Waals surface area contributed by atoms with Crippen LogP contribution in [-0.2, 0) is 10.0 Å². The van der Waals surface area contributed by atoms with Gasteiger partial charge in [-0.3, -0.25) is 10.1 Å². The van der Waals surface area contributed by atoms with Crippen LogP contribution in [0.1, 0.15) is 18.6 Å². The predicted molar refractivity (Wildman–Crippen MR) is 90.8 cm³/mol. The van der Waals surface area contributed by atoms with Gasteiger partial charge in [-0.25, -0.2) is 13.1 Å². The zero-order valence-electron chi connectivity index (χ0n) is 13.6. The summed E-state index contributed by atoms with van der Waals surface area (Å²) in [5.74, 6) is 0.543. The first-order valence-corrected chi connectivity index (χ1v) is 8.81. The highest BCUT2D eigenvalue weighted by Gasteiger charge is 2.24. The number of non-ortho nitro benzene ring substituents is 1. The Balaban J connectivity index is 2.16. The van der Waals surface area contributed by atoms with Crippen molar-refractivity contribution in [1.29, 1.82) is 0 Å². The van der Waals surface area contributed by atoms with Crippen molar-refractivity contribution in [3.05, 3.63) is 64.2 Å². The number of aliphatic hydroxyl groups excluding tert-OH is 1. The van der Waals surface area contributed by atoms with Crippen LogP contribution in [0.4, 0.5) is 5.69 Å². The first-order chi connectivity index (χ1) is 11.7. The Morgan fingerprint density at radius 2 is 1.84 bits per heavy atom. The third-order valence-corrected chi connectivity index (χ3v) is 5.18. The average Bonchev–Trinajstić information content (AvgIpc) is 2.60. The lowest BCUT2D eigenvalue weighted by Gasteiger charge is -2.21. The SMILES string of the molecule is COc1cccc(C(O)C(C)NS(=O)(=O)c2ccc([N+](=O)[O-])cc2)c1. The molecule has 0 amide bonds. The van der Waals surface area contributed by atoms with E-state index in [4.69, 9.17) is 4.74 Å². The normalized spacial score (nSPS) is 13.9. The van der Waals surface area contributed by atoms with Crippen LogP contribution >= 0.6 is 0 Å². The molecule has 25 heavy (non-hydrogen) atoms. The lowest BCUT2D eigenvalue weighted by atomic mass is 10.0. The number of nitro groups is 1. The highest BCUT2D eigenvalue weighted by molar-refractivity contribution is 7.89. The molecule has 2 atom stereocenters. The summed E-state index contributed by atoms with van der Waals surface area (Å²) in [6.07, 6.45) is -1.09. The lowest BCUT2D eigenvalue weighted by molar-refractivity contribution is -0.384. The quantitative estimate of drug-likeness (QED) is 0.571. The van der Waals surface area contributed by atoms with Gasteiger partial charge in [0.15, 0.2) is 0 Å². The molecule has 0 aliphatic rings. The van der Waals surface area contributed by atoms with Crippen LogP contribution in [0.2, 0.25) is 0 Å². The Kier molecular flexibility index (Phi) is 5.73. The molecule has 0 saturated carbocycles. The van der Waals surface area contributed by atoms with Crippen molar-refractivity contribution in [1.82, 2.24) is 4.72 Å². The number of aliphatic hydroxyl groups is 1. The molecule has 0 fully saturated rings. The zero-order chi connectivity index (χ0) is 18.6. The fourth-order valence-electron chi connectivity index (χ4n) is 2.24. The molecule has 0 aromatic heterocycles. The Bertz CT molecular complexity index is 851. The van der Waals surface area contributed by atoms with Crippen LogP contribution in [0.3, 0.4) is 0 Å². The molecule has 2 unspecified atom stereocenters. The molecule has 0 bridgehead atoms. The second-order valence-corrected chi connectivity index (χ2v) is 7.10. The molecule has 0 aliphatic carbocycles. The van der Waals surface area contributed by atoms with Crippen LogP contribution in [-0.4, -0.2) is 31.6 Å². The summed E-state index contributed by atoms with van der Waals surface area (Å²) in [4.78, 5) is 9.90. The van der Waals surface area contributed by atoms with Gasteiger partial charge in [-0.1, -0.05) is 12.1 Å². The molecule has 2 N–H and O–H groups in total. The van der Waals surface area contributed by atoms with Gasteiger partial charge in [-0.15, -0.1) is 0 Å². The van der Waals surface area contributed by atoms with E-state index in [1.165, 1.54) is 14.0 Å². The Morgan fingerprint density at radius 3 is 2.40 bits per heavy atom. The van der Waals surface area contributed by atoms with Crippen LogP contribution < -0.4 is 9.46 Å². The smallest absolute Gasteiger partial charge is 0.269 e. The summed E-state index contributed by atoms with van der Waals surface area (Å²) < 4.78 is 32.2. The largest absolute Gasteiger partial charge is 0.497 e. The highest BCUT2D eigenvalue weighted by Crippen LogP contribution is 2.23. The fourth-order valence-corrected chi connectivity index (χ4v) is 3.49. The van der Waals surface area contributed by atoms with Crippen molar-refractivity contribution in [3.63, 3.8) is 0 Å². The topological polar surface area (TPSA) is 119 Å². The second kappa shape index (κ2) is 7.60. The van der Waals surface area contributed by atoms with Crippen LogP contribution in [0, 0.1) is 10.1 Å².